The summed E-state index contributed by atoms with van der Waals surface area (Å²) >= 11 is 0. The van der Waals surface area contributed by atoms with E-state index in [1.807, 2.05) is 24.3 Å². The SMILES string of the molecule is COc1ccc(CCNC(=O)c2ccc(NC3CCCC3)nn2)cc1OC. The van der Waals surface area contributed by atoms with Crippen LogP contribution in [0.25, 0.3) is 0 Å². The van der Waals surface area contributed by atoms with Crippen molar-refractivity contribution in [3.8, 4) is 11.5 Å². The van der Waals surface area contributed by atoms with Gasteiger partial charge in [0.1, 0.15) is 5.82 Å². The molecule has 0 aliphatic heterocycles. The second kappa shape index (κ2) is 9.21. The van der Waals surface area contributed by atoms with Crippen molar-refractivity contribution in [2.75, 3.05) is 26.1 Å². The van der Waals surface area contributed by atoms with Crippen molar-refractivity contribution in [1.29, 1.82) is 0 Å². The summed E-state index contributed by atoms with van der Waals surface area (Å²) in [4.78, 5) is 12.2. The van der Waals surface area contributed by atoms with Gasteiger partial charge in [0, 0.05) is 12.6 Å². The monoisotopic (exact) mass is 370 g/mol. The molecule has 1 aromatic heterocycles. The molecule has 7 heteroatoms. The van der Waals surface area contributed by atoms with Crippen molar-refractivity contribution in [2.45, 2.75) is 38.1 Å². The Morgan fingerprint density at radius 2 is 1.85 bits per heavy atom. The van der Waals surface area contributed by atoms with Gasteiger partial charge in [-0.2, -0.15) is 0 Å². The summed E-state index contributed by atoms with van der Waals surface area (Å²) in [5.41, 5.74) is 1.37. The Bertz CT molecular complexity index is 758. The van der Waals surface area contributed by atoms with E-state index < -0.39 is 0 Å². The number of carbonyl (C=O) groups is 1. The van der Waals surface area contributed by atoms with Crippen molar-refractivity contribution in [1.82, 2.24) is 15.5 Å². The number of hydrogen-bond acceptors (Lipinski definition) is 6. The van der Waals surface area contributed by atoms with Gasteiger partial charge in [-0.25, -0.2) is 0 Å². The number of hydrogen-bond donors (Lipinski definition) is 2. The molecule has 1 aliphatic rings. The molecule has 0 saturated heterocycles. The molecule has 0 radical (unpaired) electrons. The summed E-state index contributed by atoms with van der Waals surface area (Å²) < 4.78 is 10.5. The molecule has 2 N–H and O–H groups in total. The van der Waals surface area contributed by atoms with E-state index in [9.17, 15) is 4.79 Å². The standard InChI is InChI=1S/C20H26N4O3/c1-26-17-9-7-14(13-18(17)27-2)11-12-21-20(25)16-8-10-19(24-23-16)22-15-5-3-4-6-15/h7-10,13,15H,3-6,11-12H2,1-2H3,(H,21,25)(H,22,24). The molecule has 144 valence electrons. The lowest BCUT2D eigenvalue weighted by Gasteiger charge is -2.12. The van der Waals surface area contributed by atoms with Crippen LogP contribution in [0, 0.1) is 0 Å². The highest BCUT2D eigenvalue weighted by Crippen LogP contribution is 2.27. The Morgan fingerprint density at radius 1 is 1.07 bits per heavy atom. The van der Waals surface area contributed by atoms with Crippen LogP contribution in [-0.2, 0) is 6.42 Å². The van der Waals surface area contributed by atoms with Gasteiger partial charge < -0.3 is 20.1 Å². The number of carbonyl (C=O) groups excluding carboxylic acids is 1. The maximum atomic E-state index is 12.2. The highest BCUT2D eigenvalue weighted by Gasteiger charge is 2.15. The first-order valence-corrected chi connectivity index (χ1v) is 9.29. The molecule has 1 heterocycles. The Morgan fingerprint density at radius 3 is 2.52 bits per heavy atom. The summed E-state index contributed by atoms with van der Waals surface area (Å²) in [6, 6.07) is 9.72. The summed E-state index contributed by atoms with van der Waals surface area (Å²) in [5.74, 6) is 1.86. The third kappa shape index (κ3) is 5.09. The van der Waals surface area contributed by atoms with Gasteiger partial charge in [-0.1, -0.05) is 18.9 Å². The zero-order valence-electron chi connectivity index (χ0n) is 15.8. The maximum Gasteiger partial charge on any atom is 0.271 e. The molecule has 2 aromatic rings. The third-order valence-electron chi connectivity index (χ3n) is 4.75. The predicted molar refractivity (Wildman–Crippen MR) is 103 cm³/mol. The Labute approximate surface area is 159 Å². The van der Waals surface area contributed by atoms with Crippen molar-refractivity contribution >= 4 is 11.7 Å². The number of aromatic nitrogens is 2. The number of nitrogens with zero attached hydrogens (tertiary/aromatic N) is 2. The molecule has 1 aromatic carbocycles. The molecule has 7 nitrogen and oxygen atoms in total. The number of rotatable bonds is 8. The molecular formula is C20H26N4O3. The van der Waals surface area contributed by atoms with Crippen LogP contribution in [0.1, 0.15) is 41.7 Å². The van der Waals surface area contributed by atoms with Gasteiger partial charge in [-0.05, 0) is 49.1 Å². The van der Waals surface area contributed by atoms with E-state index in [1.165, 1.54) is 25.7 Å². The van der Waals surface area contributed by atoms with Crippen molar-refractivity contribution < 1.29 is 14.3 Å². The quantitative estimate of drug-likeness (QED) is 0.743. The smallest absolute Gasteiger partial charge is 0.271 e. The van der Waals surface area contributed by atoms with Gasteiger partial charge in [-0.15, -0.1) is 10.2 Å². The van der Waals surface area contributed by atoms with Crippen molar-refractivity contribution in [2.24, 2.45) is 0 Å². The van der Waals surface area contributed by atoms with Crippen LogP contribution >= 0.6 is 0 Å². The van der Waals surface area contributed by atoms with Crippen LogP contribution in [0.3, 0.4) is 0 Å². The fourth-order valence-corrected chi connectivity index (χ4v) is 3.26. The molecule has 0 bridgehead atoms. The minimum Gasteiger partial charge on any atom is -0.493 e. The Hall–Kier alpha value is -2.83. The molecule has 0 spiro atoms. The van der Waals surface area contributed by atoms with E-state index in [1.54, 1.807) is 20.3 Å². The number of nitrogens with one attached hydrogen (secondary N) is 2. The summed E-state index contributed by atoms with van der Waals surface area (Å²) in [5, 5.41) is 14.4. The van der Waals surface area contributed by atoms with Gasteiger partial charge in [0.15, 0.2) is 17.2 Å². The largest absolute Gasteiger partial charge is 0.493 e. The lowest BCUT2D eigenvalue weighted by atomic mass is 10.1. The molecular weight excluding hydrogens is 344 g/mol. The fourth-order valence-electron chi connectivity index (χ4n) is 3.26. The van der Waals surface area contributed by atoms with Crippen LogP contribution in [0.2, 0.25) is 0 Å². The molecule has 0 atom stereocenters. The molecule has 1 fully saturated rings. The number of ether oxygens (including phenoxy) is 2. The predicted octanol–water partition coefficient (Wildman–Crippen LogP) is 2.82. The maximum absolute atomic E-state index is 12.2. The molecule has 0 unspecified atom stereocenters. The molecule has 1 saturated carbocycles. The zero-order chi connectivity index (χ0) is 19.1. The average molecular weight is 370 g/mol. The van der Waals surface area contributed by atoms with Gasteiger partial charge in [0.25, 0.3) is 5.91 Å². The lowest BCUT2D eigenvalue weighted by molar-refractivity contribution is 0.0948. The lowest BCUT2D eigenvalue weighted by Crippen LogP contribution is -2.27. The second-order valence-corrected chi connectivity index (χ2v) is 6.62. The number of benzene rings is 1. The topological polar surface area (TPSA) is 85.4 Å². The first-order valence-electron chi connectivity index (χ1n) is 9.29. The van der Waals surface area contributed by atoms with Crippen LogP contribution in [0.15, 0.2) is 30.3 Å². The number of amides is 1. The molecule has 1 aliphatic carbocycles. The first kappa shape index (κ1) is 18.9. The van der Waals surface area contributed by atoms with Gasteiger partial charge in [-0.3, -0.25) is 4.79 Å². The van der Waals surface area contributed by atoms with Crippen LogP contribution in [0.5, 0.6) is 11.5 Å². The van der Waals surface area contributed by atoms with Crippen LogP contribution < -0.4 is 20.1 Å². The van der Waals surface area contributed by atoms with E-state index in [0.717, 1.165) is 11.4 Å². The van der Waals surface area contributed by atoms with Crippen LogP contribution in [0.4, 0.5) is 5.82 Å². The van der Waals surface area contributed by atoms with Gasteiger partial charge >= 0.3 is 0 Å². The summed E-state index contributed by atoms with van der Waals surface area (Å²) in [6.45, 7) is 0.498. The van der Waals surface area contributed by atoms with Gasteiger partial charge in [0.05, 0.1) is 14.2 Å². The van der Waals surface area contributed by atoms with Crippen LogP contribution in [-0.4, -0.2) is 42.9 Å². The Balaban J connectivity index is 1.49. The zero-order valence-corrected chi connectivity index (χ0v) is 15.8. The van der Waals surface area contributed by atoms with E-state index in [-0.39, 0.29) is 5.91 Å². The second-order valence-electron chi connectivity index (χ2n) is 6.62. The van der Waals surface area contributed by atoms with E-state index >= 15 is 0 Å². The number of methoxy groups -OCH3 is 2. The van der Waals surface area contributed by atoms with E-state index in [0.29, 0.717) is 36.2 Å². The highest BCUT2D eigenvalue weighted by molar-refractivity contribution is 5.92. The van der Waals surface area contributed by atoms with E-state index in [4.69, 9.17) is 9.47 Å². The third-order valence-corrected chi connectivity index (χ3v) is 4.75. The number of anilines is 1. The van der Waals surface area contributed by atoms with Crippen molar-refractivity contribution in [3.05, 3.63) is 41.6 Å². The first-order chi connectivity index (χ1) is 13.2. The van der Waals surface area contributed by atoms with Gasteiger partial charge in [0.2, 0.25) is 0 Å². The molecule has 1 amide bonds. The fraction of sp³-hybridized carbons (Fsp3) is 0.450. The van der Waals surface area contributed by atoms with Crippen molar-refractivity contribution in [3.63, 3.8) is 0 Å². The highest BCUT2D eigenvalue weighted by atomic mass is 16.5. The average Bonchev–Trinajstić information content (AvgIpc) is 3.21. The normalized spacial score (nSPS) is 14.0. The minimum atomic E-state index is -0.226. The summed E-state index contributed by atoms with van der Waals surface area (Å²) in [7, 11) is 3.21. The summed E-state index contributed by atoms with van der Waals surface area (Å²) in [6.07, 6.45) is 5.53. The minimum absolute atomic E-state index is 0.226. The molecule has 27 heavy (non-hydrogen) atoms. The molecule has 3 rings (SSSR count). The Kier molecular flexibility index (Phi) is 6.46. The van der Waals surface area contributed by atoms with E-state index in [2.05, 4.69) is 20.8 Å².